The highest BCUT2D eigenvalue weighted by Crippen LogP contribution is 2.38. The van der Waals surface area contributed by atoms with E-state index in [-0.39, 0.29) is 35.6 Å². The molecule has 0 radical (unpaired) electrons. The van der Waals surface area contributed by atoms with Crippen molar-refractivity contribution in [2.24, 2.45) is 5.92 Å². The zero-order valence-corrected chi connectivity index (χ0v) is 19.3. The van der Waals surface area contributed by atoms with Crippen molar-refractivity contribution in [3.05, 3.63) is 69.2 Å². The van der Waals surface area contributed by atoms with E-state index in [1.165, 1.54) is 29.2 Å². The molecular formula is C23H23Cl2F3N2O2. The van der Waals surface area contributed by atoms with Crippen molar-refractivity contribution in [2.75, 3.05) is 20.1 Å². The van der Waals surface area contributed by atoms with Gasteiger partial charge < -0.3 is 9.80 Å². The lowest BCUT2D eigenvalue weighted by Crippen LogP contribution is -2.40. The van der Waals surface area contributed by atoms with E-state index in [0.29, 0.717) is 10.6 Å². The average Bonchev–Trinajstić information content (AvgIpc) is 3.17. The standard InChI is InChI=1S/C23H23Cl2F3N2O2/c1-13(2)29(3)21(31)19-12-30(22(32)17-8-7-16(24)10-20(17)25)11-18(19)14-5-4-6-15(9-14)23(26,27)28/h4-10,13,18-19H,11-12H2,1-3H3. The van der Waals surface area contributed by atoms with Crippen LogP contribution in [0.4, 0.5) is 13.2 Å². The van der Waals surface area contributed by atoms with Gasteiger partial charge in [0.05, 0.1) is 22.1 Å². The summed E-state index contributed by atoms with van der Waals surface area (Å²) in [6.07, 6.45) is -4.50. The van der Waals surface area contributed by atoms with Crippen molar-refractivity contribution in [1.82, 2.24) is 9.80 Å². The number of alkyl halides is 3. The van der Waals surface area contributed by atoms with Crippen molar-refractivity contribution in [2.45, 2.75) is 32.0 Å². The zero-order valence-electron chi connectivity index (χ0n) is 17.8. The number of hydrogen-bond donors (Lipinski definition) is 0. The Balaban J connectivity index is 1.98. The molecule has 0 aliphatic carbocycles. The first-order valence-electron chi connectivity index (χ1n) is 10.1. The maximum atomic E-state index is 13.3. The maximum Gasteiger partial charge on any atom is 0.416 e. The number of rotatable bonds is 4. The number of carbonyl (C=O) groups is 2. The number of carbonyl (C=O) groups excluding carboxylic acids is 2. The second-order valence-electron chi connectivity index (χ2n) is 8.21. The molecule has 2 aromatic rings. The predicted octanol–water partition coefficient (Wildman–Crippen LogP) is 5.73. The fourth-order valence-electron chi connectivity index (χ4n) is 3.85. The molecule has 0 saturated carbocycles. The summed E-state index contributed by atoms with van der Waals surface area (Å²) >= 11 is 12.1. The second kappa shape index (κ2) is 9.32. The molecule has 3 rings (SSSR count). The largest absolute Gasteiger partial charge is 0.416 e. The molecule has 2 amide bonds. The second-order valence-corrected chi connectivity index (χ2v) is 9.06. The molecule has 1 saturated heterocycles. The van der Waals surface area contributed by atoms with Gasteiger partial charge in [-0.1, -0.05) is 41.4 Å². The first kappa shape index (κ1) is 24.4. The molecule has 0 aromatic heterocycles. The van der Waals surface area contributed by atoms with Gasteiger partial charge in [-0.05, 0) is 43.7 Å². The van der Waals surface area contributed by atoms with Gasteiger partial charge in [-0.2, -0.15) is 13.2 Å². The third-order valence-electron chi connectivity index (χ3n) is 5.85. The van der Waals surface area contributed by atoms with E-state index in [4.69, 9.17) is 23.2 Å². The Labute approximate surface area is 194 Å². The van der Waals surface area contributed by atoms with Crippen LogP contribution in [0.25, 0.3) is 0 Å². The fourth-order valence-corrected chi connectivity index (χ4v) is 4.34. The lowest BCUT2D eigenvalue weighted by atomic mass is 9.87. The highest BCUT2D eigenvalue weighted by atomic mass is 35.5. The molecule has 1 fully saturated rings. The van der Waals surface area contributed by atoms with Gasteiger partial charge in [0.25, 0.3) is 5.91 Å². The van der Waals surface area contributed by atoms with E-state index in [1.54, 1.807) is 18.0 Å². The molecule has 4 nitrogen and oxygen atoms in total. The molecule has 1 aliphatic rings. The Bertz CT molecular complexity index is 1030. The summed E-state index contributed by atoms with van der Waals surface area (Å²) in [7, 11) is 1.65. The molecule has 2 atom stereocenters. The number of nitrogens with zero attached hydrogens (tertiary/aromatic N) is 2. The summed E-state index contributed by atoms with van der Waals surface area (Å²) in [5, 5.41) is 0.550. The van der Waals surface area contributed by atoms with Gasteiger partial charge in [0, 0.05) is 37.1 Å². The normalized spacial score (nSPS) is 18.8. The van der Waals surface area contributed by atoms with Gasteiger partial charge >= 0.3 is 6.18 Å². The first-order chi connectivity index (χ1) is 14.9. The summed E-state index contributed by atoms with van der Waals surface area (Å²) < 4.78 is 39.8. The van der Waals surface area contributed by atoms with Crippen LogP contribution in [-0.2, 0) is 11.0 Å². The molecule has 1 heterocycles. The van der Waals surface area contributed by atoms with Crippen LogP contribution in [0.1, 0.15) is 41.3 Å². The van der Waals surface area contributed by atoms with Crippen LogP contribution in [0.5, 0.6) is 0 Å². The molecule has 0 spiro atoms. The van der Waals surface area contributed by atoms with Crippen LogP contribution in [0, 0.1) is 5.92 Å². The van der Waals surface area contributed by atoms with Crippen LogP contribution in [-0.4, -0.2) is 47.8 Å². The first-order valence-corrected chi connectivity index (χ1v) is 10.8. The minimum absolute atomic E-state index is 0.0780. The van der Waals surface area contributed by atoms with Crippen LogP contribution >= 0.6 is 23.2 Å². The highest BCUT2D eigenvalue weighted by Gasteiger charge is 2.43. The summed E-state index contributed by atoms with van der Waals surface area (Å²) in [6, 6.07) is 9.34. The van der Waals surface area contributed by atoms with Gasteiger partial charge in [-0.25, -0.2) is 0 Å². The Kier molecular flexibility index (Phi) is 7.10. The monoisotopic (exact) mass is 486 g/mol. The molecule has 2 unspecified atom stereocenters. The van der Waals surface area contributed by atoms with E-state index in [2.05, 4.69) is 0 Å². The van der Waals surface area contributed by atoms with E-state index in [9.17, 15) is 22.8 Å². The quantitative estimate of drug-likeness (QED) is 0.553. The molecule has 9 heteroatoms. The molecule has 172 valence electrons. The number of hydrogen-bond acceptors (Lipinski definition) is 2. The minimum Gasteiger partial charge on any atom is -0.343 e. The number of benzene rings is 2. The molecule has 0 N–H and O–H groups in total. The third-order valence-corrected chi connectivity index (χ3v) is 6.40. The van der Waals surface area contributed by atoms with Gasteiger partial charge in [0.1, 0.15) is 0 Å². The van der Waals surface area contributed by atoms with Crippen molar-refractivity contribution in [1.29, 1.82) is 0 Å². The number of halogens is 5. The molecule has 1 aliphatic heterocycles. The molecule has 32 heavy (non-hydrogen) atoms. The minimum atomic E-state index is -4.50. The summed E-state index contributed by atoms with van der Waals surface area (Å²) in [5.41, 5.74) is -0.194. The summed E-state index contributed by atoms with van der Waals surface area (Å²) in [4.78, 5) is 29.4. The van der Waals surface area contributed by atoms with Crippen molar-refractivity contribution >= 4 is 35.0 Å². The van der Waals surface area contributed by atoms with Crippen molar-refractivity contribution < 1.29 is 22.8 Å². The van der Waals surface area contributed by atoms with E-state index in [0.717, 1.165) is 12.1 Å². The lowest BCUT2D eigenvalue weighted by Gasteiger charge is -2.27. The van der Waals surface area contributed by atoms with Crippen molar-refractivity contribution in [3.8, 4) is 0 Å². The number of amides is 2. The Morgan fingerprint density at radius 1 is 1.09 bits per heavy atom. The average molecular weight is 487 g/mol. The number of likely N-dealkylation sites (tertiary alicyclic amines) is 1. The molecule has 0 bridgehead atoms. The Hall–Kier alpha value is -2.25. The highest BCUT2D eigenvalue weighted by molar-refractivity contribution is 6.36. The Morgan fingerprint density at radius 2 is 1.78 bits per heavy atom. The predicted molar refractivity (Wildman–Crippen MR) is 118 cm³/mol. The van der Waals surface area contributed by atoms with Gasteiger partial charge in [0.15, 0.2) is 0 Å². The Morgan fingerprint density at radius 3 is 2.38 bits per heavy atom. The van der Waals surface area contributed by atoms with Crippen LogP contribution < -0.4 is 0 Å². The van der Waals surface area contributed by atoms with E-state index in [1.807, 2.05) is 13.8 Å². The van der Waals surface area contributed by atoms with Crippen LogP contribution in [0.3, 0.4) is 0 Å². The van der Waals surface area contributed by atoms with Crippen LogP contribution in [0.15, 0.2) is 42.5 Å². The molecule has 2 aromatic carbocycles. The van der Waals surface area contributed by atoms with Gasteiger partial charge in [0.2, 0.25) is 5.91 Å². The lowest BCUT2D eigenvalue weighted by molar-refractivity contribution is -0.137. The topological polar surface area (TPSA) is 40.6 Å². The van der Waals surface area contributed by atoms with E-state index >= 15 is 0 Å². The van der Waals surface area contributed by atoms with Gasteiger partial charge in [-0.15, -0.1) is 0 Å². The smallest absolute Gasteiger partial charge is 0.343 e. The summed E-state index contributed by atoms with van der Waals surface area (Å²) in [6.45, 7) is 3.88. The van der Waals surface area contributed by atoms with Crippen molar-refractivity contribution in [3.63, 3.8) is 0 Å². The van der Waals surface area contributed by atoms with E-state index < -0.39 is 29.5 Å². The fraction of sp³-hybridized carbons (Fsp3) is 0.391. The summed E-state index contributed by atoms with van der Waals surface area (Å²) in [5.74, 6) is -1.88. The SMILES string of the molecule is CC(C)N(C)C(=O)C1CN(C(=O)c2ccc(Cl)cc2Cl)CC1c1cccc(C(F)(F)F)c1. The zero-order chi connectivity index (χ0) is 23.8. The third kappa shape index (κ3) is 5.04. The van der Waals surface area contributed by atoms with Gasteiger partial charge in [-0.3, -0.25) is 9.59 Å². The maximum absolute atomic E-state index is 13.3. The van der Waals surface area contributed by atoms with Crippen LogP contribution in [0.2, 0.25) is 10.0 Å². The molecular weight excluding hydrogens is 464 g/mol.